The van der Waals surface area contributed by atoms with Gasteiger partial charge in [-0.1, -0.05) is 0 Å². The van der Waals surface area contributed by atoms with Crippen LogP contribution in [0.2, 0.25) is 0 Å². The number of rotatable bonds is 9. The number of amides is 1. The van der Waals surface area contributed by atoms with Crippen LogP contribution in [0.1, 0.15) is 61.0 Å². The molecule has 15 heteroatoms. The third-order valence-electron chi connectivity index (χ3n) is 6.98. The van der Waals surface area contributed by atoms with E-state index in [0.717, 1.165) is 22.0 Å². The first-order chi connectivity index (χ1) is 19.8. The average molecular weight is 600 g/mol. The first-order valence-corrected chi connectivity index (χ1v) is 13.0. The highest BCUT2D eigenvalue weighted by Gasteiger charge is 2.38. The Morgan fingerprint density at radius 3 is 2.29 bits per heavy atom. The van der Waals surface area contributed by atoms with Crippen LogP contribution in [0.15, 0.2) is 36.8 Å². The molecule has 1 N–H and O–H groups in total. The zero-order valence-corrected chi connectivity index (χ0v) is 22.5. The molecule has 42 heavy (non-hydrogen) atoms. The Balaban J connectivity index is 1.67. The minimum atomic E-state index is -4.97. The molecule has 0 saturated heterocycles. The average Bonchev–Trinajstić information content (AvgIpc) is 3.43. The lowest BCUT2D eigenvalue weighted by atomic mass is 9.81. The van der Waals surface area contributed by atoms with Gasteiger partial charge in [-0.3, -0.25) is 4.79 Å². The third kappa shape index (κ3) is 6.82. The monoisotopic (exact) mass is 599 g/mol. The minimum Gasteiger partial charge on any atom is -0.478 e. The Hall–Kier alpha value is -4.17. The van der Waals surface area contributed by atoms with Crippen molar-refractivity contribution in [3.63, 3.8) is 0 Å². The van der Waals surface area contributed by atoms with Crippen LogP contribution >= 0.6 is 0 Å². The Bertz CT molecular complexity index is 1420. The zero-order valence-electron chi connectivity index (χ0n) is 22.5. The van der Waals surface area contributed by atoms with Gasteiger partial charge in [0.15, 0.2) is 11.6 Å². The van der Waals surface area contributed by atoms with Crippen LogP contribution in [0.4, 0.5) is 32.0 Å². The maximum atomic E-state index is 15.3. The van der Waals surface area contributed by atoms with Gasteiger partial charge in [0.2, 0.25) is 18.2 Å². The van der Waals surface area contributed by atoms with Crippen molar-refractivity contribution in [3.8, 4) is 11.6 Å². The van der Waals surface area contributed by atoms with Crippen molar-refractivity contribution in [2.75, 3.05) is 4.90 Å². The molecule has 0 atom stereocenters. The van der Waals surface area contributed by atoms with Crippen molar-refractivity contribution < 1.29 is 45.8 Å². The lowest BCUT2D eigenvalue weighted by Gasteiger charge is -2.34. The summed E-state index contributed by atoms with van der Waals surface area (Å²) in [7, 11) is 0. The molecule has 0 spiro atoms. The SMILES string of the molecule is CC(C)N(C(=O)C1CCC(C(F)F)CC1)c1cc(F)c(Oc2ncc(Cn3nccn3)cc2C(F)(F)F)cc1C(=O)O. The van der Waals surface area contributed by atoms with Gasteiger partial charge in [0.1, 0.15) is 5.56 Å². The number of alkyl halides is 5. The predicted molar refractivity (Wildman–Crippen MR) is 136 cm³/mol. The largest absolute Gasteiger partial charge is 0.478 e. The van der Waals surface area contributed by atoms with Crippen molar-refractivity contribution in [3.05, 3.63) is 59.3 Å². The molecule has 226 valence electrons. The van der Waals surface area contributed by atoms with E-state index in [9.17, 15) is 36.6 Å². The fraction of sp³-hybridized carbons (Fsp3) is 0.444. The van der Waals surface area contributed by atoms with E-state index in [2.05, 4.69) is 15.2 Å². The molecule has 0 bridgehead atoms. The van der Waals surface area contributed by atoms with E-state index < -0.39 is 70.9 Å². The molecule has 1 amide bonds. The molecule has 0 aliphatic heterocycles. The van der Waals surface area contributed by atoms with Crippen LogP contribution in [0.5, 0.6) is 11.6 Å². The van der Waals surface area contributed by atoms with Gasteiger partial charge in [0.05, 0.1) is 30.2 Å². The Kier molecular flexibility index (Phi) is 9.06. The molecule has 0 radical (unpaired) electrons. The molecule has 1 aliphatic carbocycles. The predicted octanol–water partition coefficient (Wildman–Crippen LogP) is 6.18. The van der Waals surface area contributed by atoms with Crippen LogP contribution in [0.3, 0.4) is 0 Å². The summed E-state index contributed by atoms with van der Waals surface area (Å²) < 4.78 is 88.3. The van der Waals surface area contributed by atoms with Crippen LogP contribution < -0.4 is 9.64 Å². The summed E-state index contributed by atoms with van der Waals surface area (Å²) in [5.41, 5.74) is -2.22. The van der Waals surface area contributed by atoms with E-state index in [0.29, 0.717) is 12.1 Å². The number of aromatic nitrogens is 4. The highest BCUT2D eigenvalue weighted by Crippen LogP contribution is 2.40. The van der Waals surface area contributed by atoms with E-state index in [4.69, 9.17) is 4.74 Å². The fourth-order valence-corrected chi connectivity index (χ4v) is 4.92. The molecule has 1 fully saturated rings. The number of carbonyl (C=O) groups is 2. The molecule has 0 unspecified atom stereocenters. The quantitative estimate of drug-likeness (QED) is 0.293. The highest BCUT2D eigenvalue weighted by atomic mass is 19.4. The van der Waals surface area contributed by atoms with E-state index in [1.54, 1.807) is 13.8 Å². The summed E-state index contributed by atoms with van der Waals surface area (Å²) in [6, 6.07) is 1.46. The number of anilines is 1. The van der Waals surface area contributed by atoms with E-state index in [1.165, 1.54) is 12.4 Å². The summed E-state index contributed by atoms with van der Waals surface area (Å²) in [5.74, 6) is -6.79. The van der Waals surface area contributed by atoms with Crippen LogP contribution in [-0.2, 0) is 17.5 Å². The second kappa shape index (κ2) is 12.4. The Morgan fingerprint density at radius 2 is 1.74 bits per heavy atom. The number of halogens is 6. The zero-order chi connectivity index (χ0) is 30.8. The number of hydrogen-bond donors (Lipinski definition) is 1. The molecule has 1 aromatic carbocycles. The van der Waals surface area contributed by atoms with Crippen LogP contribution in [0, 0.1) is 17.7 Å². The normalized spacial score (nSPS) is 17.5. The molecular weight excluding hydrogens is 572 g/mol. The molecule has 2 aromatic heterocycles. The summed E-state index contributed by atoms with van der Waals surface area (Å²) in [6.07, 6.45) is -3.21. The van der Waals surface area contributed by atoms with Crippen LogP contribution in [-0.4, -0.2) is 49.4 Å². The number of nitrogens with zero attached hydrogens (tertiary/aromatic N) is 5. The fourth-order valence-electron chi connectivity index (χ4n) is 4.92. The number of hydrogen-bond acceptors (Lipinski definition) is 6. The molecule has 3 aromatic rings. The number of pyridine rings is 1. The standard InChI is InChI=1S/C27H27F6N5O4/c1-14(2)38(25(39)17-5-3-16(4-6-17)23(29)30)21-11-20(28)22(10-18(21)26(40)41)42-24-19(27(31,32)33)9-15(12-34-24)13-37-35-7-8-36-37/h7-12,14,16-17,23H,3-6,13H2,1-2H3,(H,40,41). The summed E-state index contributed by atoms with van der Waals surface area (Å²) in [4.78, 5) is 31.5. The van der Waals surface area contributed by atoms with E-state index in [1.807, 2.05) is 0 Å². The number of carboxylic acids is 1. The van der Waals surface area contributed by atoms with Gasteiger partial charge in [-0.15, -0.1) is 0 Å². The second-order valence-corrected chi connectivity index (χ2v) is 10.2. The Morgan fingerprint density at radius 1 is 1.10 bits per heavy atom. The van der Waals surface area contributed by atoms with Gasteiger partial charge in [-0.05, 0) is 51.2 Å². The van der Waals surface area contributed by atoms with Gasteiger partial charge in [0, 0.05) is 36.2 Å². The number of carbonyl (C=O) groups excluding carboxylic acids is 1. The first-order valence-electron chi connectivity index (χ1n) is 13.0. The minimum absolute atomic E-state index is 0.0709. The number of benzene rings is 1. The molecule has 1 saturated carbocycles. The topological polar surface area (TPSA) is 110 Å². The smallest absolute Gasteiger partial charge is 0.421 e. The summed E-state index contributed by atoms with van der Waals surface area (Å²) in [5, 5.41) is 17.5. The van der Waals surface area contributed by atoms with Crippen molar-refractivity contribution in [1.82, 2.24) is 20.0 Å². The first kappa shape index (κ1) is 30.8. The third-order valence-corrected chi connectivity index (χ3v) is 6.98. The van der Waals surface area contributed by atoms with Crippen molar-refractivity contribution >= 4 is 17.6 Å². The van der Waals surface area contributed by atoms with E-state index in [-0.39, 0.29) is 43.5 Å². The molecule has 1 aliphatic rings. The number of carboxylic acid groups (broad SMARTS) is 1. The van der Waals surface area contributed by atoms with E-state index >= 15 is 4.39 Å². The molecule has 9 nitrogen and oxygen atoms in total. The molecule has 4 rings (SSSR count). The second-order valence-electron chi connectivity index (χ2n) is 10.2. The lowest BCUT2D eigenvalue weighted by Crippen LogP contribution is -2.43. The number of aromatic carboxylic acids is 1. The maximum Gasteiger partial charge on any atom is 0.421 e. The molecule has 2 heterocycles. The maximum absolute atomic E-state index is 15.3. The van der Waals surface area contributed by atoms with Crippen molar-refractivity contribution in [1.29, 1.82) is 0 Å². The summed E-state index contributed by atoms with van der Waals surface area (Å²) in [6.45, 7) is 2.99. The number of ether oxygens (including phenoxy) is 1. The summed E-state index contributed by atoms with van der Waals surface area (Å²) >= 11 is 0. The van der Waals surface area contributed by atoms with Gasteiger partial charge in [0.25, 0.3) is 0 Å². The lowest BCUT2D eigenvalue weighted by molar-refractivity contribution is -0.139. The van der Waals surface area contributed by atoms with Gasteiger partial charge < -0.3 is 14.7 Å². The van der Waals surface area contributed by atoms with Gasteiger partial charge in [-0.2, -0.15) is 28.2 Å². The van der Waals surface area contributed by atoms with Crippen LogP contribution in [0.25, 0.3) is 0 Å². The van der Waals surface area contributed by atoms with Crippen molar-refractivity contribution in [2.24, 2.45) is 11.8 Å². The van der Waals surface area contributed by atoms with Crippen molar-refractivity contribution in [2.45, 2.75) is 64.7 Å². The van der Waals surface area contributed by atoms with Gasteiger partial charge in [-0.25, -0.2) is 22.9 Å². The highest BCUT2D eigenvalue weighted by molar-refractivity contribution is 6.03. The molecular formula is C27H27F6N5O4. The van der Waals surface area contributed by atoms with Gasteiger partial charge >= 0.3 is 12.1 Å². The Labute approximate surface area is 236 Å².